The highest BCUT2D eigenvalue weighted by atomic mass is 16.4. The molecule has 2 aromatic carbocycles. The molecule has 1 unspecified atom stereocenters. The summed E-state index contributed by atoms with van der Waals surface area (Å²) in [6.07, 6.45) is 0.175. The molecule has 1 amide bonds. The van der Waals surface area contributed by atoms with Crippen molar-refractivity contribution in [1.29, 1.82) is 0 Å². The van der Waals surface area contributed by atoms with E-state index in [1.54, 1.807) is 26.2 Å². The lowest BCUT2D eigenvalue weighted by Gasteiger charge is -2.50. The first-order valence-corrected chi connectivity index (χ1v) is 14.3. The minimum Gasteiger partial charge on any atom is -0.508 e. The number of carbonyl (C=O) groups is 3. The number of phenols is 1. The molecular formula is C33H33N3O8. The van der Waals surface area contributed by atoms with Gasteiger partial charge in [-0.1, -0.05) is 30.3 Å². The topological polar surface area (TPSA) is 187 Å². The van der Waals surface area contributed by atoms with E-state index in [2.05, 4.69) is 5.32 Å². The number of aromatic hydroxyl groups is 1. The largest absolute Gasteiger partial charge is 0.508 e. The number of hydrogen-bond donors (Lipinski definition) is 6. The van der Waals surface area contributed by atoms with Crippen molar-refractivity contribution in [1.82, 2.24) is 10.2 Å². The third-order valence-corrected chi connectivity index (χ3v) is 9.00. The number of aliphatic hydroxyl groups is 3. The first-order chi connectivity index (χ1) is 20.9. The van der Waals surface area contributed by atoms with E-state index in [4.69, 9.17) is 10.2 Å². The number of rotatable bonds is 7. The second-order valence-electron chi connectivity index (χ2n) is 11.8. The van der Waals surface area contributed by atoms with Gasteiger partial charge in [0, 0.05) is 23.6 Å². The molecule has 0 aliphatic heterocycles. The second-order valence-corrected chi connectivity index (χ2v) is 11.8. The zero-order chi connectivity index (χ0) is 31.5. The van der Waals surface area contributed by atoms with Crippen LogP contribution in [0.3, 0.4) is 0 Å². The predicted octanol–water partition coefficient (Wildman–Crippen LogP) is 2.51. The van der Waals surface area contributed by atoms with Gasteiger partial charge in [-0.05, 0) is 68.2 Å². The molecule has 3 aromatic rings. The molecule has 1 aromatic heterocycles. The molecule has 0 spiro atoms. The first kappa shape index (κ1) is 29.4. The Labute approximate surface area is 252 Å². The third-order valence-electron chi connectivity index (χ3n) is 9.00. The van der Waals surface area contributed by atoms with Crippen molar-refractivity contribution >= 4 is 23.2 Å². The van der Waals surface area contributed by atoms with Gasteiger partial charge < -0.3 is 35.9 Å². The Balaban J connectivity index is 1.38. The van der Waals surface area contributed by atoms with Crippen molar-refractivity contribution in [3.63, 3.8) is 0 Å². The van der Waals surface area contributed by atoms with Gasteiger partial charge >= 0.3 is 0 Å². The van der Waals surface area contributed by atoms with Crippen molar-refractivity contribution in [2.75, 3.05) is 14.1 Å². The Kier molecular flexibility index (Phi) is 7.19. The molecule has 1 fully saturated rings. The van der Waals surface area contributed by atoms with Gasteiger partial charge in [-0.15, -0.1) is 0 Å². The second kappa shape index (κ2) is 10.8. The maximum absolute atomic E-state index is 14.0. The molecule has 0 radical (unpaired) electrons. The van der Waals surface area contributed by atoms with Crippen LogP contribution in [0.5, 0.6) is 5.75 Å². The van der Waals surface area contributed by atoms with Crippen molar-refractivity contribution < 1.29 is 39.2 Å². The van der Waals surface area contributed by atoms with Gasteiger partial charge in [-0.25, -0.2) is 0 Å². The highest BCUT2D eigenvalue weighted by Gasteiger charge is 2.64. The molecule has 44 heavy (non-hydrogen) atoms. The lowest BCUT2D eigenvalue weighted by atomic mass is 9.57. The average Bonchev–Trinajstić information content (AvgIpc) is 3.44. The summed E-state index contributed by atoms with van der Waals surface area (Å²) in [4.78, 5) is 40.9. The van der Waals surface area contributed by atoms with Crippen LogP contribution in [0.1, 0.15) is 28.9 Å². The number of furan rings is 1. The van der Waals surface area contributed by atoms with Gasteiger partial charge in [-0.2, -0.15) is 0 Å². The van der Waals surface area contributed by atoms with E-state index >= 15 is 0 Å². The number of nitrogens with one attached hydrogen (secondary N) is 1. The number of aliphatic hydroxyl groups excluding tert-OH is 2. The lowest BCUT2D eigenvalue weighted by Crippen LogP contribution is -2.65. The minimum absolute atomic E-state index is 0.00761. The molecule has 0 bridgehead atoms. The highest BCUT2D eigenvalue weighted by Crippen LogP contribution is 2.53. The van der Waals surface area contributed by atoms with Gasteiger partial charge in [0.2, 0.25) is 5.78 Å². The van der Waals surface area contributed by atoms with Gasteiger partial charge in [0.25, 0.3) is 5.91 Å². The number of Topliss-reactive ketones (excluding diaryl/α,β-unsaturated/α-hetero) is 2. The molecule has 0 saturated heterocycles. The first-order valence-electron chi connectivity index (χ1n) is 14.3. The van der Waals surface area contributed by atoms with Gasteiger partial charge in [-0.3, -0.25) is 19.3 Å². The third kappa shape index (κ3) is 4.43. The van der Waals surface area contributed by atoms with E-state index in [9.17, 15) is 34.8 Å². The Morgan fingerprint density at radius 1 is 1.05 bits per heavy atom. The number of likely N-dealkylation sites (N-methyl/N-ethyl adjacent to an activating group) is 1. The van der Waals surface area contributed by atoms with Crippen molar-refractivity contribution in [3.05, 3.63) is 94.0 Å². The summed E-state index contributed by atoms with van der Waals surface area (Å²) in [6, 6.07) is 15.5. The molecular weight excluding hydrogens is 566 g/mol. The number of fused-ring (bicyclic) bond motifs is 3. The standard InChI is InChI=1S/C33H33N3O8/c1-36(2)27-21-13-17-12-20-19(23-11-8-18(44-23)15-35-14-16-6-4-3-5-7-16)9-10-22(37)25(20)28(38)24(17)30(40)33(21,43)31(41)26(29(27)39)32(34)42/h3-11,17,21,27,35,37-38,41,43H,12-15H2,1-2H3,(H2,34,42)/t17-,21-,27?,33-/m0/s1. The number of phenolic OH excluding ortho intramolecular Hbond substituents is 1. The molecule has 3 aliphatic rings. The van der Waals surface area contributed by atoms with Gasteiger partial charge in [0.15, 0.2) is 11.4 Å². The molecule has 11 nitrogen and oxygen atoms in total. The average molecular weight is 600 g/mol. The summed E-state index contributed by atoms with van der Waals surface area (Å²) in [7, 11) is 3.12. The zero-order valence-corrected chi connectivity index (χ0v) is 24.2. The summed E-state index contributed by atoms with van der Waals surface area (Å²) in [5.74, 6) is -5.71. The Morgan fingerprint density at radius 2 is 1.77 bits per heavy atom. The number of nitrogens with zero attached hydrogens (tertiary/aromatic N) is 1. The number of carbonyl (C=O) groups excluding carboxylic acids is 3. The summed E-state index contributed by atoms with van der Waals surface area (Å²) in [6.45, 7) is 1.12. The van der Waals surface area contributed by atoms with Crippen LogP contribution in [0.4, 0.5) is 0 Å². The van der Waals surface area contributed by atoms with Crippen LogP contribution >= 0.6 is 0 Å². The Bertz CT molecular complexity index is 1760. The summed E-state index contributed by atoms with van der Waals surface area (Å²) < 4.78 is 6.14. The zero-order valence-electron chi connectivity index (χ0n) is 24.2. The van der Waals surface area contributed by atoms with E-state index in [0.29, 0.717) is 35.7 Å². The number of ketones is 2. The van der Waals surface area contributed by atoms with Crippen molar-refractivity contribution in [3.8, 4) is 17.1 Å². The van der Waals surface area contributed by atoms with Crippen LogP contribution in [0.2, 0.25) is 0 Å². The Hall–Kier alpha value is -4.71. The van der Waals surface area contributed by atoms with E-state index in [1.807, 2.05) is 36.4 Å². The fourth-order valence-electron chi connectivity index (χ4n) is 7.02. The fourth-order valence-corrected chi connectivity index (χ4v) is 7.02. The van der Waals surface area contributed by atoms with Crippen molar-refractivity contribution in [2.45, 2.75) is 37.6 Å². The smallest absolute Gasteiger partial charge is 0.255 e. The number of primary amides is 1. The molecule has 1 saturated carbocycles. The normalized spacial score (nSPS) is 24.8. The van der Waals surface area contributed by atoms with Gasteiger partial charge in [0.05, 0.1) is 18.2 Å². The monoisotopic (exact) mass is 599 g/mol. The number of benzene rings is 2. The van der Waals surface area contributed by atoms with Crippen LogP contribution in [0.25, 0.3) is 17.1 Å². The quantitative estimate of drug-likeness (QED) is 0.220. The molecule has 3 aliphatic carbocycles. The Morgan fingerprint density at radius 3 is 2.45 bits per heavy atom. The SMILES string of the molecule is CN(C)C1C(=O)C(C(N)=O)=C(O)[C@@]2(O)C(=O)C3=C(O)c4c(O)ccc(-c5ccc(CNCc6ccccc6)o5)c4C[C@H]3C[C@@H]12. The van der Waals surface area contributed by atoms with Crippen molar-refractivity contribution in [2.24, 2.45) is 17.6 Å². The molecule has 6 rings (SSSR count). The van der Waals surface area contributed by atoms with Crippen LogP contribution in [0.15, 0.2) is 75.9 Å². The van der Waals surface area contributed by atoms with E-state index < -0.39 is 58.0 Å². The van der Waals surface area contributed by atoms with Crippen LogP contribution in [0, 0.1) is 11.8 Å². The number of amides is 1. The summed E-state index contributed by atoms with van der Waals surface area (Å²) >= 11 is 0. The fraction of sp³-hybridized carbons (Fsp3) is 0.303. The number of nitrogens with two attached hydrogens (primary N) is 1. The van der Waals surface area contributed by atoms with E-state index in [-0.39, 0.29) is 29.7 Å². The number of hydrogen-bond acceptors (Lipinski definition) is 10. The molecule has 11 heteroatoms. The summed E-state index contributed by atoms with van der Waals surface area (Å²) in [5, 5.41) is 48.4. The van der Waals surface area contributed by atoms with Crippen LogP contribution < -0.4 is 11.1 Å². The molecule has 1 heterocycles. The maximum atomic E-state index is 14.0. The molecule has 228 valence electrons. The molecule has 4 atom stereocenters. The minimum atomic E-state index is -2.68. The molecule has 7 N–H and O–H groups in total. The van der Waals surface area contributed by atoms with Crippen LogP contribution in [-0.2, 0) is 33.9 Å². The van der Waals surface area contributed by atoms with Gasteiger partial charge in [0.1, 0.15) is 34.4 Å². The lowest BCUT2D eigenvalue weighted by molar-refractivity contribution is -0.153. The van der Waals surface area contributed by atoms with E-state index in [1.165, 1.54) is 11.0 Å². The highest BCUT2D eigenvalue weighted by molar-refractivity contribution is 6.24. The predicted molar refractivity (Wildman–Crippen MR) is 159 cm³/mol. The van der Waals surface area contributed by atoms with E-state index in [0.717, 1.165) is 5.56 Å². The summed E-state index contributed by atoms with van der Waals surface area (Å²) in [5.41, 5.74) is 3.94. The van der Waals surface area contributed by atoms with Crippen LogP contribution in [-0.4, -0.2) is 68.5 Å². The maximum Gasteiger partial charge on any atom is 0.255 e.